The molecule has 0 saturated heterocycles. The van der Waals surface area contributed by atoms with Gasteiger partial charge in [-0.25, -0.2) is 8.78 Å². The van der Waals surface area contributed by atoms with E-state index in [9.17, 15) is 8.78 Å². The van der Waals surface area contributed by atoms with Gasteiger partial charge in [0.2, 0.25) is 0 Å². The third kappa shape index (κ3) is 8.03. The van der Waals surface area contributed by atoms with Gasteiger partial charge in [0.15, 0.2) is 11.6 Å². The molecule has 0 bridgehead atoms. The van der Waals surface area contributed by atoms with Crippen LogP contribution < -0.4 is 0 Å². The zero-order valence-electron chi connectivity index (χ0n) is 23.8. The summed E-state index contributed by atoms with van der Waals surface area (Å²) in [7, 11) is 0. The van der Waals surface area contributed by atoms with E-state index in [1.54, 1.807) is 0 Å². The van der Waals surface area contributed by atoms with Gasteiger partial charge in [-0.05, 0) is 131 Å². The van der Waals surface area contributed by atoms with E-state index in [1.807, 2.05) is 12.1 Å². The summed E-state index contributed by atoms with van der Waals surface area (Å²) in [5, 5.41) is 0. The minimum Gasteiger partial charge on any atom is -0.203 e. The Bertz CT molecular complexity index is 881. The van der Waals surface area contributed by atoms with E-state index in [0.717, 1.165) is 67.3 Å². The molecule has 206 valence electrons. The van der Waals surface area contributed by atoms with E-state index in [-0.39, 0.29) is 0 Å². The van der Waals surface area contributed by atoms with Crippen LogP contribution in [0.15, 0.2) is 30.4 Å². The number of rotatable bonds is 11. The number of halogens is 2. The van der Waals surface area contributed by atoms with Gasteiger partial charge in [0.25, 0.3) is 0 Å². The predicted octanol–water partition coefficient (Wildman–Crippen LogP) is 11.2. The fourth-order valence-electron chi connectivity index (χ4n) is 7.56. The van der Waals surface area contributed by atoms with Crippen LogP contribution in [0, 0.1) is 41.2 Å². The summed E-state index contributed by atoms with van der Waals surface area (Å²) >= 11 is 0. The van der Waals surface area contributed by atoms with Gasteiger partial charge < -0.3 is 0 Å². The highest BCUT2D eigenvalue weighted by Crippen LogP contribution is 2.44. The average molecular weight is 511 g/mol. The van der Waals surface area contributed by atoms with Crippen LogP contribution in [-0.2, 0) is 6.42 Å². The standard InChI is InChI=1S/C35H52F2/c1-3-5-7-8-26-12-18-29(19-13-26)30-20-14-27(15-21-30)10-11-28-16-22-31(23-17-28)33-25-24-32(9-6-4-2)34(36)35(33)37/h5,7,22,24-30H,3-4,6,8-21,23H2,1-2H3. The summed E-state index contributed by atoms with van der Waals surface area (Å²) in [6.07, 6.45) is 29.3. The van der Waals surface area contributed by atoms with E-state index >= 15 is 0 Å². The smallest absolute Gasteiger partial charge is 0.166 e. The Labute approximate surface area is 226 Å². The summed E-state index contributed by atoms with van der Waals surface area (Å²) in [4.78, 5) is 0. The van der Waals surface area contributed by atoms with Crippen molar-refractivity contribution in [3.8, 4) is 0 Å². The highest BCUT2D eigenvalue weighted by Gasteiger charge is 2.31. The van der Waals surface area contributed by atoms with Crippen LogP contribution in [0.5, 0.6) is 0 Å². The van der Waals surface area contributed by atoms with Crippen LogP contribution in [0.3, 0.4) is 0 Å². The number of aryl methyl sites for hydroxylation is 1. The van der Waals surface area contributed by atoms with Gasteiger partial charge in [-0.1, -0.05) is 69.9 Å². The molecule has 1 aromatic rings. The first kappa shape index (κ1) is 28.6. The fourth-order valence-corrected chi connectivity index (χ4v) is 7.56. The minimum atomic E-state index is -0.628. The third-order valence-electron chi connectivity index (χ3n) is 10.1. The highest BCUT2D eigenvalue weighted by atomic mass is 19.2. The Morgan fingerprint density at radius 2 is 1.43 bits per heavy atom. The maximum absolute atomic E-state index is 14.8. The molecule has 0 aromatic heterocycles. The lowest BCUT2D eigenvalue weighted by Gasteiger charge is -2.38. The molecule has 2 fully saturated rings. The van der Waals surface area contributed by atoms with E-state index in [4.69, 9.17) is 0 Å². The van der Waals surface area contributed by atoms with Crippen molar-refractivity contribution in [2.24, 2.45) is 29.6 Å². The molecule has 2 heteroatoms. The van der Waals surface area contributed by atoms with Crippen molar-refractivity contribution in [3.63, 3.8) is 0 Å². The first-order valence-electron chi connectivity index (χ1n) is 15.9. The highest BCUT2D eigenvalue weighted by molar-refractivity contribution is 5.67. The van der Waals surface area contributed by atoms with Gasteiger partial charge >= 0.3 is 0 Å². The molecule has 0 spiro atoms. The van der Waals surface area contributed by atoms with Crippen LogP contribution in [0.1, 0.15) is 134 Å². The zero-order valence-corrected chi connectivity index (χ0v) is 23.8. The van der Waals surface area contributed by atoms with Crippen molar-refractivity contribution in [1.82, 2.24) is 0 Å². The predicted molar refractivity (Wildman–Crippen MR) is 154 cm³/mol. The molecule has 0 amide bonds. The molecule has 2 saturated carbocycles. The Morgan fingerprint density at radius 3 is 2.05 bits per heavy atom. The molecule has 0 nitrogen and oxygen atoms in total. The van der Waals surface area contributed by atoms with Crippen molar-refractivity contribution < 1.29 is 8.78 Å². The van der Waals surface area contributed by atoms with E-state index in [2.05, 4.69) is 32.1 Å². The quantitative estimate of drug-likeness (QED) is 0.260. The second-order valence-electron chi connectivity index (χ2n) is 12.6. The van der Waals surface area contributed by atoms with Crippen molar-refractivity contribution in [3.05, 3.63) is 53.1 Å². The van der Waals surface area contributed by atoms with Crippen LogP contribution in [0.4, 0.5) is 8.78 Å². The molecule has 0 aliphatic heterocycles. The normalized spacial score (nSPS) is 29.0. The first-order valence-corrected chi connectivity index (χ1v) is 15.9. The van der Waals surface area contributed by atoms with Gasteiger partial charge in [-0.15, -0.1) is 0 Å². The van der Waals surface area contributed by atoms with Crippen LogP contribution in [0.25, 0.3) is 5.57 Å². The number of hydrogen-bond acceptors (Lipinski definition) is 0. The minimum absolute atomic E-state index is 0.501. The maximum atomic E-state index is 14.8. The molecule has 0 N–H and O–H groups in total. The number of unbranched alkanes of at least 4 members (excludes halogenated alkanes) is 1. The van der Waals surface area contributed by atoms with Crippen LogP contribution in [-0.4, -0.2) is 0 Å². The summed E-state index contributed by atoms with van der Waals surface area (Å²) in [5.74, 6) is 3.32. The maximum Gasteiger partial charge on any atom is 0.166 e. The van der Waals surface area contributed by atoms with E-state index < -0.39 is 11.6 Å². The molecular formula is C35H52F2. The zero-order chi connectivity index (χ0) is 26.0. The van der Waals surface area contributed by atoms with Crippen LogP contribution >= 0.6 is 0 Å². The number of allylic oxidation sites excluding steroid dienone is 4. The van der Waals surface area contributed by atoms with Gasteiger partial charge in [-0.3, -0.25) is 0 Å². The average Bonchev–Trinajstić information content (AvgIpc) is 2.94. The molecule has 1 unspecified atom stereocenters. The van der Waals surface area contributed by atoms with Crippen molar-refractivity contribution in [2.45, 2.75) is 129 Å². The summed E-state index contributed by atoms with van der Waals surface area (Å²) in [6.45, 7) is 4.31. The SMILES string of the molecule is CCC=CCC1CCC(C2CCC(CCC3CC=C(c4ccc(CCCC)c(F)c4F)CC3)CC2)CC1. The van der Waals surface area contributed by atoms with Gasteiger partial charge in [0.1, 0.15) is 0 Å². The topological polar surface area (TPSA) is 0 Å². The lowest BCUT2D eigenvalue weighted by atomic mass is 9.68. The van der Waals surface area contributed by atoms with E-state index in [0.29, 0.717) is 17.5 Å². The summed E-state index contributed by atoms with van der Waals surface area (Å²) < 4.78 is 29.4. The lowest BCUT2D eigenvalue weighted by Crippen LogP contribution is -2.26. The van der Waals surface area contributed by atoms with Gasteiger partial charge in [-0.2, -0.15) is 0 Å². The van der Waals surface area contributed by atoms with Crippen molar-refractivity contribution in [2.75, 3.05) is 0 Å². The molecule has 37 heavy (non-hydrogen) atoms. The third-order valence-corrected chi connectivity index (χ3v) is 10.1. The fraction of sp³-hybridized carbons (Fsp3) is 0.714. The Hall–Kier alpha value is -1.44. The molecular weight excluding hydrogens is 458 g/mol. The molecule has 1 atom stereocenters. The largest absolute Gasteiger partial charge is 0.203 e. The second-order valence-corrected chi connectivity index (χ2v) is 12.6. The monoisotopic (exact) mass is 510 g/mol. The van der Waals surface area contributed by atoms with Crippen molar-refractivity contribution >= 4 is 5.57 Å². The van der Waals surface area contributed by atoms with E-state index in [1.165, 1.54) is 77.0 Å². The first-order chi connectivity index (χ1) is 18.1. The molecule has 4 rings (SSSR count). The molecule has 1 aromatic carbocycles. The molecule has 3 aliphatic rings. The summed E-state index contributed by atoms with van der Waals surface area (Å²) in [5.41, 5.74) is 2.05. The van der Waals surface area contributed by atoms with Gasteiger partial charge in [0.05, 0.1) is 0 Å². The number of hydrogen-bond donors (Lipinski definition) is 0. The number of benzene rings is 1. The molecule has 0 radical (unpaired) electrons. The lowest BCUT2D eigenvalue weighted by molar-refractivity contribution is 0.141. The van der Waals surface area contributed by atoms with Crippen molar-refractivity contribution in [1.29, 1.82) is 0 Å². The molecule has 0 heterocycles. The van der Waals surface area contributed by atoms with Crippen LogP contribution in [0.2, 0.25) is 0 Å². The second kappa shape index (κ2) is 14.6. The van der Waals surface area contributed by atoms with Gasteiger partial charge in [0, 0.05) is 5.56 Å². The molecule has 3 aliphatic carbocycles. The Balaban J connectivity index is 1.16. The Kier molecular flexibility index (Phi) is 11.3. The summed E-state index contributed by atoms with van der Waals surface area (Å²) in [6, 6.07) is 3.63. The Morgan fingerprint density at radius 1 is 0.757 bits per heavy atom.